The van der Waals surface area contributed by atoms with Crippen molar-refractivity contribution in [2.75, 3.05) is 0 Å². The van der Waals surface area contributed by atoms with Crippen molar-refractivity contribution in [2.45, 2.75) is 19.8 Å². The third-order valence-electron chi connectivity index (χ3n) is 2.84. The van der Waals surface area contributed by atoms with E-state index in [9.17, 15) is 4.39 Å². The maximum Gasteiger partial charge on any atom is 0.144 e. The molecule has 2 aromatic rings. The van der Waals surface area contributed by atoms with Gasteiger partial charge in [-0.1, -0.05) is 53.6 Å². The molecule has 0 radical (unpaired) electrons. The molecule has 0 saturated heterocycles. The molecule has 88 valence electrons. The van der Waals surface area contributed by atoms with E-state index in [0.717, 1.165) is 6.42 Å². The minimum absolute atomic E-state index is 0.200. The molecule has 0 amide bonds. The van der Waals surface area contributed by atoms with Crippen LogP contribution in [0.1, 0.15) is 16.7 Å². The second-order valence-corrected chi connectivity index (χ2v) is 4.61. The van der Waals surface area contributed by atoms with Crippen molar-refractivity contribution in [2.24, 2.45) is 0 Å². The first-order valence-corrected chi connectivity index (χ1v) is 6.03. The summed E-state index contributed by atoms with van der Waals surface area (Å²) in [6, 6.07) is 13.5. The van der Waals surface area contributed by atoms with Crippen LogP contribution in [0.4, 0.5) is 4.39 Å². The van der Waals surface area contributed by atoms with Crippen molar-refractivity contribution in [3.8, 4) is 0 Å². The maximum atomic E-state index is 13.6. The zero-order chi connectivity index (χ0) is 12.3. The fourth-order valence-corrected chi connectivity index (χ4v) is 1.97. The van der Waals surface area contributed by atoms with E-state index in [-0.39, 0.29) is 10.8 Å². The minimum Gasteiger partial charge on any atom is -0.205 e. The largest absolute Gasteiger partial charge is 0.205 e. The summed E-state index contributed by atoms with van der Waals surface area (Å²) < 4.78 is 13.6. The smallest absolute Gasteiger partial charge is 0.144 e. The van der Waals surface area contributed by atoms with E-state index in [1.54, 1.807) is 18.2 Å². The van der Waals surface area contributed by atoms with E-state index < -0.39 is 0 Å². The molecular weight excluding hydrogens is 235 g/mol. The molecule has 0 unspecified atom stereocenters. The molecule has 0 aromatic heterocycles. The zero-order valence-electron chi connectivity index (χ0n) is 9.71. The van der Waals surface area contributed by atoms with Gasteiger partial charge in [-0.05, 0) is 37.0 Å². The van der Waals surface area contributed by atoms with Gasteiger partial charge in [0.25, 0.3) is 0 Å². The lowest BCUT2D eigenvalue weighted by Crippen LogP contribution is -1.95. The Morgan fingerprint density at radius 3 is 2.41 bits per heavy atom. The highest BCUT2D eigenvalue weighted by molar-refractivity contribution is 6.30. The van der Waals surface area contributed by atoms with Gasteiger partial charge in [0.2, 0.25) is 0 Å². The number of halogens is 2. The summed E-state index contributed by atoms with van der Waals surface area (Å²) >= 11 is 5.74. The molecule has 0 aliphatic rings. The molecule has 0 saturated carbocycles. The van der Waals surface area contributed by atoms with Gasteiger partial charge in [-0.15, -0.1) is 0 Å². The van der Waals surface area contributed by atoms with Gasteiger partial charge in [0.05, 0.1) is 5.02 Å². The molecule has 2 heteroatoms. The van der Waals surface area contributed by atoms with Crippen LogP contribution in [0, 0.1) is 12.7 Å². The molecule has 0 N–H and O–H groups in total. The van der Waals surface area contributed by atoms with Gasteiger partial charge in [0, 0.05) is 0 Å². The van der Waals surface area contributed by atoms with Gasteiger partial charge in [0.1, 0.15) is 5.82 Å². The lowest BCUT2D eigenvalue weighted by Gasteiger charge is -2.05. The van der Waals surface area contributed by atoms with E-state index in [0.29, 0.717) is 12.0 Å². The summed E-state index contributed by atoms with van der Waals surface area (Å²) in [7, 11) is 0. The molecule has 2 rings (SSSR count). The van der Waals surface area contributed by atoms with Crippen molar-refractivity contribution in [1.29, 1.82) is 0 Å². The molecule has 0 aliphatic carbocycles. The Morgan fingerprint density at radius 1 is 1.00 bits per heavy atom. The maximum absolute atomic E-state index is 13.6. The lowest BCUT2D eigenvalue weighted by atomic mass is 10.0. The Labute approximate surface area is 106 Å². The van der Waals surface area contributed by atoms with Crippen molar-refractivity contribution in [1.82, 2.24) is 0 Å². The molecule has 0 fully saturated rings. The van der Waals surface area contributed by atoms with Crippen LogP contribution in [0.5, 0.6) is 0 Å². The van der Waals surface area contributed by atoms with Crippen molar-refractivity contribution < 1.29 is 4.39 Å². The van der Waals surface area contributed by atoms with Crippen molar-refractivity contribution >= 4 is 11.6 Å². The third kappa shape index (κ3) is 3.07. The van der Waals surface area contributed by atoms with E-state index in [4.69, 9.17) is 11.6 Å². The topological polar surface area (TPSA) is 0 Å². The lowest BCUT2D eigenvalue weighted by molar-refractivity contribution is 0.609. The summed E-state index contributed by atoms with van der Waals surface area (Å²) in [5, 5.41) is 0.200. The SMILES string of the molecule is Cc1ccc(CCc2cccc(Cl)c2F)cc1. The molecule has 17 heavy (non-hydrogen) atoms. The number of hydrogen-bond donors (Lipinski definition) is 0. The molecule has 2 aromatic carbocycles. The van der Waals surface area contributed by atoms with E-state index in [2.05, 4.69) is 31.2 Å². The summed E-state index contributed by atoms with van der Waals surface area (Å²) in [6.45, 7) is 2.06. The average Bonchev–Trinajstić information content (AvgIpc) is 2.33. The molecule has 0 spiro atoms. The van der Waals surface area contributed by atoms with Gasteiger partial charge in [0.15, 0.2) is 0 Å². The fraction of sp³-hybridized carbons (Fsp3) is 0.200. The zero-order valence-corrected chi connectivity index (χ0v) is 10.5. The van der Waals surface area contributed by atoms with Crippen LogP contribution in [-0.2, 0) is 12.8 Å². The monoisotopic (exact) mass is 248 g/mol. The highest BCUT2D eigenvalue weighted by atomic mass is 35.5. The predicted molar refractivity (Wildman–Crippen MR) is 70.0 cm³/mol. The number of benzene rings is 2. The second kappa shape index (κ2) is 5.33. The normalized spacial score (nSPS) is 10.5. The number of hydrogen-bond acceptors (Lipinski definition) is 0. The van der Waals surface area contributed by atoms with Crippen molar-refractivity contribution in [3.63, 3.8) is 0 Å². The Kier molecular flexibility index (Phi) is 3.80. The van der Waals surface area contributed by atoms with Crippen LogP contribution < -0.4 is 0 Å². The first kappa shape index (κ1) is 12.1. The second-order valence-electron chi connectivity index (χ2n) is 4.20. The molecule has 0 heterocycles. The Morgan fingerprint density at radius 2 is 1.71 bits per heavy atom. The van der Waals surface area contributed by atoms with E-state index in [1.807, 2.05) is 0 Å². The van der Waals surface area contributed by atoms with Crippen LogP contribution in [0.2, 0.25) is 5.02 Å². The number of aryl methyl sites for hydroxylation is 3. The fourth-order valence-electron chi connectivity index (χ4n) is 1.78. The Balaban J connectivity index is 2.07. The van der Waals surface area contributed by atoms with Crippen LogP contribution in [0.25, 0.3) is 0 Å². The molecule has 0 bridgehead atoms. The van der Waals surface area contributed by atoms with Crippen molar-refractivity contribution in [3.05, 3.63) is 70.0 Å². The summed E-state index contributed by atoms with van der Waals surface area (Å²) in [5.41, 5.74) is 3.13. The highest BCUT2D eigenvalue weighted by Gasteiger charge is 2.05. The standard InChI is InChI=1S/C15H14ClF/c1-11-5-7-12(8-6-11)9-10-13-3-2-4-14(16)15(13)17/h2-8H,9-10H2,1H3. The summed E-state index contributed by atoms with van der Waals surface area (Å²) in [4.78, 5) is 0. The highest BCUT2D eigenvalue weighted by Crippen LogP contribution is 2.19. The summed E-state index contributed by atoms with van der Waals surface area (Å²) in [6.07, 6.45) is 1.51. The Hall–Kier alpha value is -1.34. The first-order valence-electron chi connectivity index (χ1n) is 5.65. The molecular formula is C15H14ClF. The van der Waals surface area contributed by atoms with Gasteiger partial charge in [-0.3, -0.25) is 0 Å². The minimum atomic E-state index is -0.290. The average molecular weight is 249 g/mol. The van der Waals surface area contributed by atoms with E-state index in [1.165, 1.54) is 11.1 Å². The van der Waals surface area contributed by atoms with Gasteiger partial charge >= 0.3 is 0 Å². The molecule has 0 atom stereocenters. The van der Waals surface area contributed by atoms with Gasteiger partial charge in [-0.25, -0.2) is 4.39 Å². The van der Waals surface area contributed by atoms with Crippen LogP contribution >= 0.6 is 11.6 Å². The molecule has 0 nitrogen and oxygen atoms in total. The summed E-state index contributed by atoms with van der Waals surface area (Å²) in [5.74, 6) is -0.290. The Bertz CT molecular complexity index is 503. The van der Waals surface area contributed by atoms with Gasteiger partial charge in [-0.2, -0.15) is 0 Å². The van der Waals surface area contributed by atoms with Crippen LogP contribution in [0.15, 0.2) is 42.5 Å². The predicted octanol–water partition coefficient (Wildman–Crippen LogP) is 4.57. The van der Waals surface area contributed by atoms with E-state index >= 15 is 0 Å². The first-order chi connectivity index (χ1) is 8.16. The third-order valence-corrected chi connectivity index (χ3v) is 3.13. The van der Waals surface area contributed by atoms with Gasteiger partial charge < -0.3 is 0 Å². The number of rotatable bonds is 3. The molecule has 0 aliphatic heterocycles. The van der Waals surface area contributed by atoms with Crippen LogP contribution in [0.3, 0.4) is 0 Å². The van der Waals surface area contributed by atoms with Crippen LogP contribution in [-0.4, -0.2) is 0 Å². The quantitative estimate of drug-likeness (QED) is 0.746.